The third kappa shape index (κ3) is 4.48. The molecule has 0 saturated heterocycles. The Hall–Kier alpha value is -1.04. The van der Waals surface area contributed by atoms with Crippen LogP contribution in [0.15, 0.2) is 42.5 Å². The van der Waals surface area contributed by atoms with Crippen LogP contribution in [0.4, 0.5) is 0 Å². The van der Waals surface area contributed by atoms with E-state index in [4.69, 9.17) is 0 Å². The second-order valence-electron chi connectivity index (χ2n) is 7.79. The van der Waals surface area contributed by atoms with E-state index < -0.39 is 0 Å². The monoisotopic (exact) mass is 296 g/mol. The van der Waals surface area contributed by atoms with Crippen molar-refractivity contribution in [2.75, 3.05) is 0 Å². The van der Waals surface area contributed by atoms with Crippen LogP contribution < -0.4 is 0 Å². The molecule has 3 atom stereocenters. The van der Waals surface area contributed by atoms with Crippen molar-refractivity contribution in [2.45, 2.75) is 70.6 Å². The standard InChI is InChI=1S/C22H32/c1-18(16-19-9-3-2-4-10-19)8-7-11-20-14-15-21-12-5-6-13-22(21)17-20/h2-4,9-10,20-22H,1,5-8,11-17H2. The lowest BCUT2D eigenvalue weighted by Crippen LogP contribution is -2.27. The van der Waals surface area contributed by atoms with Gasteiger partial charge in [0.2, 0.25) is 0 Å². The van der Waals surface area contributed by atoms with E-state index in [-0.39, 0.29) is 0 Å². The van der Waals surface area contributed by atoms with Crippen molar-refractivity contribution in [1.29, 1.82) is 0 Å². The molecule has 2 fully saturated rings. The van der Waals surface area contributed by atoms with E-state index in [0.29, 0.717) is 0 Å². The van der Waals surface area contributed by atoms with Crippen molar-refractivity contribution in [2.24, 2.45) is 17.8 Å². The molecule has 0 heterocycles. The summed E-state index contributed by atoms with van der Waals surface area (Å²) in [6.45, 7) is 4.30. The highest BCUT2D eigenvalue weighted by molar-refractivity contribution is 5.20. The zero-order valence-corrected chi connectivity index (χ0v) is 14.1. The average Bonchev–Trinajstić information content (AvgIpc) is 2.55. The largest absolute Gasteiger partial charge is 0.0995 e. The Balaban J connectivity index is 1.35. The lowest BCUT2D eigenvalue weighted by molar-refractivity contribution is 0.124. The van der Waals surface area contributed by atoms with Crippen molar-refractivity contribution < 1.29 is 0 Å². The highest BCUT2D eigenvalue weighted by Gasteiger charge is 2.31. The van der Waals surface area contributed by atoms with Gasteiger partial charge in [0.05, 0.1) is 0 Å². The zero-order chi connectivity index (χ0) is 15.2. The van der Waals surface area contributed by atoms with Crippen LogP contribution in [0.2, 0.25) is 0 Å². The first kappa shape index (κ1) is 15.8. The Labute approximate surface area is 137 Å². The maximum Gasteiger partial charge on any atom is -0.00698 e. The number of benzene rings is 1. The first-order valence-corrected chi connectivity index (χ1v) is 9.52. The highest BCUT2D eigenvalue weighted by atomic mass is 14.4. The quantitative estimate of drug-likeness (QED) is 0.521. The molecule has 0 radical (unpaired) electrons. The van der Waals surface area contributed by atoms with E-state index in [2.05, 4.69) is 36.9 Å². The predicted molar refractivity (Wildman–Crippen MR) is 95.9 cm³/mol. The molecule has 22 heavy (non-hydrogen) atoms. The van der Waals surface area contributed by atoms with E-state index in [0.717, 1.165) is 24.2 Å². The topological polar surface area (TPSA) is 0 Å². The van der Waals surface area contributed by atoms with Crippen molar-refractivity contribution in [3.8, 4) is 0 Å². The molecule has 0 bridgehead atoms. The normalized spacial score (nSPS) is 28.1. The van der Waals surface area contributed by atoms with Gasteiger partial charge >= 0.3 is 0 Å². The van der Waals surface area contributed by atoms with E-state index in [9.17, 15) is 0 Å². The van der Waals surface area contributed by atoms with Gasteiger partial charge < -0.3 is 0 Å². The summed E-state index contributed by atoms with van der Waals surface area (Å²) in [6.07, 6.45) is 15.7. The van der Waals surface area contributed by atoms with Crippen molar-refractivity contribution in [3.63, 3.8) is 0 Å². The van der Waals surface area contributed by atoms with Gasteiger partial charge in [-0.3, -0.25) is 0 Å². The van der Waals surface area contributed by atoms with Crippen LogP contribution in [-0.2, 0) is 6.42 Å². The molecule has 2 saturated carbocycles. The summed E-state index contributed by atoms with van der Waals surface area (Å²) in [5.74, 6) is 3.20. The summed E-state index contributed by atoms with van der Waals surface area (Å²) in [5, 5.41) is 0. The second kappa shape index (κ2) is 7.99. The van der Waals surface area contributed by atoms with Gasteiger partial charge in [-0.2, -0.15) is 0 Å². The molecule has 120 valence electrons. The molecule has 2 aliphatic rings. The van der Waals surface area contributed by atoms with Gasteiger partial charge in [-0.05, 0) is 55.4 Å². The molecule has 0 heteroatoms. The predicted octanol–water partition coefficient (Wildman–Crippen LogP) is 6.56. The Bertz CT molecular complexity index is 458. The SMILES string of the molecule is C=C(CCCC1CCC2CCCCC2C1)Cc1ccccc1. The molecule has 0 aliphatic heterocycles. The van der Waals surface area contributed by atoms with Gasteiger partial charge in [0.1, 0.15) is 0 Å². The highest BCUT2D eigenvalue weighted by Crippen LogP contribution is 2.43. The van der Waals surface area contributed by atoms with Gasteiger partial charge in [0.15, 0.2) is 0 Å². The minimum absolute atomic E-state index is 1.02. The average molecular weight is 296 g/mol. The smallest absolute Gasteiger partial charge is 0.00698 e. The van der Waals surface area contributed by atoms with Gasteiger partial charge in [0, 0.05) is 0 Å². The molecule has 1 aromatic rings. The van der Waals surface area contributed by atoms with E-state index in [1.165, 1.54) is 75.3 Å². The van der Waals surface area contributed by atoms with Gasteiger partial charge in [-0.1, -0.05) is 81.0 Å². The van der Waals surface area contributed by atoms with Gasteiger partial charge in [-0.25, -0.2) is 0 Å². The molecule has 1 aromatic carbocycles. The Morgan fingerprint density at radius 2 is 1.73 bits per heavy atom. The van der Waals surface area contributed by atoms with Crippen molar-refractivity contribution in [3.05, 3.63) is 48.0 Å². The lowest BCUT2D eigenvalue weighted by atomic mass is 9.67. The van der Waals surface area contributed by atoms with Crippen molar-refractivity contribution >= 4 is 0 Å². The summed E-state index contributed by atoms with van der Waals surface area (Å²) >= 11 is 0. The van der Waals surface area contributed by atoms with E-state index in [1.54, 1.807) is 0 Å². The maximum absolute atomic E-state index is 4.30. The number of hydrogen-bond acceptors (Lipinski definition) is 0. The Morgan fingerprint density at radius 3 is 2.55 bits per heavy atom. The molecular formula is C22H32. The summed E-state index contributed by atoms with van der Waals surface area (Å²) in [7, 11) is 0. The van der Waals surface area contributed by atoms with E-state index >= 15 is 0 Å². The number of allylic oxidation sites excluding steroid dienone is 1. The van der Waals surface area contributed by atoms with Crippen LogP contribution in [0.5, 0.6) is 0 Å². The fourth-order valence-electron chi connectivity index (χ4n) is 4.85. The van der Waals surface area contributed by atoms with Crippen LogP contribution >= 0.6 is 0 Å². The molecule has 3 unspecified atom stereocenters. The number of fused-ring (bicyclic) bond motifs is 1. The van der Waals surface area contributed by atoms with Crippen LogP contribution in [0, 0.1) is 17.8 Å². The van der Waals surface area contributed by atoms with Crippen LogP contribution in [0.3, 0.4) is 0 Å². The molecule has 0 amide bonds. The summed E-state index contributed by atoms with van der Waals surface area (Å²) in [5.41, 5.74) is 2.83. The van der Waals surface area contributed by atoms with E-state index in [1.807, 2.05) is 0 Å². The second-order valence-corrected chi connectivity index (χ2v) is 7.79. The third-order valence-corrected chi connectivity index (χ3v) is 6.09. The van der Waals surface area contributed by atoms with Crippen LogP contribution in [-0.4, -0.2) is 0 Å². The Morgan fingerprint density at radius 1 is 0.955 bits per heavy atom. The zero-order valence-electron chi connectivity index (χ0n) is 14.1. The molecule has 3 rings (SSSR count). The first-order valence-electron chi connectivity index (χ1n) is 9.52. The number of rotatable bonds is 6. The van der Waals surface area contributed by atoms with Crippen molar-refractivity contribution in [1.82, 2.24) is 0 Å². The lowest BCUT2D eigenvalue weighted by Gasteiger charge is -2.39. The van der Waals surface area contributed by atoms with Crippen LogP contribution in [0.1, 0.15) is 69.8 Å². The van der Waals surface area contributed by atoms with Crippen LogP contribution in [0.25, 0.3) is 0 Å². The maximum atomic E-state index is 4.30. The summed E-state index contributed by atoms with van der Waals surface area (Å²) < 4.78 is 0. The third-order valence-electron chi connectivity index (χ3n) is 6.09. The molecule has 2 aliphatic carbocycles. The molecule has 0 spiro atoms. The molecule has 0 N–H and O–H groups in total. The minimum atomic E-state index is 1.02. The number of hydrogen-bond donors (Lipinski definition) is 0. The molecule has 0 nitrogen and oxygen atoms in total. The first-order chi connectivity index (χ1) is 10.8. The molecule has 0 aromatic heterocycles. The summed E-state index contributed by atoms with van der Waals surface area (Å²) in [4.78, 5) is 0. The summed E-state index contributed by atoms with van der Waals surface area (Å²) in [6, 6.07) is 10.8. The molecular weight excluding hydrogens is 264 g/mol. The minimum Gasteiger partial charge on any atom is -0.0995 e. The fraction of sp³-hybridized carbons (Fsp3) is 0.636. The van der Waals surface area contributed by atoms with Gasteiger partial charge in [0.25, 0.3) is 0 Å². The van der Waals surface area contributed by atoms with Gasteiger partial charge in [-0.15, -0.1) is 0 Å². The Kier molecular flexibility index (Phi) is 5.76. The fourth-order valence-corrected chi connectivity index (χ4v) is 4.85.